The number of aliphatic hydroxyl groups excluding tert-OH is 1. The zero-order chi connectivity index (χ0) is 13.8. The van der Waals surface area contributed by atoms with Crippen molar-refractivity contribution >= 4 is 5.69 Å². The van der Waals surface area contributed by atoms with Gasteiger partial charge in [-0.05, 0) is 19.9 Å². The molecule has 6 nitrogen and oxygen atoms in total. The SMILES string of the molecule is COc1ccc([N+](=O)[O-])cc1C[NH2+]C(C)(C)CO. The van der Waals surface area contributed by atoms with Gasteiger partial charge >= 0.3 is 0 Å². The summed E-state index contributed by atoms with van der Waals surface area (Å²) in [7, 11) is 1.53. The molecular weight excluding hydrogens is 236 g/mol. The Morgan fingerprint density at radius 2 is 2.17 bits per heavy atom. The molecule has 0 aromatic heterocycles. The zero-order valence-corrected chi connectivity index (χ0v) is 10.8. The largest absolute Gasteiger partial charge is 0.496 e. The van der Waals surface area contributed by atoms with Crippen LogP contribution in [-0.4, -0.2) is 29.3 Å². The van der Waals surface area contributed by atoms with Crippen LogP contribution in [0.25, 0.3) is 0 Å². The van der Waals surface area contributed by atoms with Gasteiger partial charge in [-0.15, -0.1) is 0 Å². The van der Waals surface area contributed by atoms with Crippen LogP contribution in [0.5, 0.6) is 5.75 Å². The predicted octanol–water partition coefficient (Wildman–Crippen LogP) is 0.438. The molecule has 0 aliphatic heterocycles. The number of nitrogens with zero attached hydrogens (tertiary/aromatic N) is 1. The maximum absolute atomic E-state index is 10.7. The van der Waals surface area contributed by atoms with E-state index < -0.39 is 4.92 Å². The smallest absolute Gasteiger partial charge is 0.270 e. The van der Waals surface area contributed by atoms with E-state index in [2.05, 4.69) is 0 Å². The first-order valence-corrected chi connectivity index (χ1v) is 5.66. The number of nitrogens with two attached hydrogens (primary N) is 1. The van der Waals surface area contributed by atoms with Crippen molar-refractivity contribution in [2.45, 2.75) is 25.9 Å². The van der Waals surface area contributed by atoms with E-state index in [1.54, 1.807) is 6.07 Å². The monoisotopic (exact) mass is 255 g/mol. The highest BCUT2D eigenvalue weighted by Gasteiger charge is 2.21. The first-order valence-electron chi connectivity index (χ1n) is 5.66. The van der Waals surface area contributed by atoms with E-state index in [0.717, 1.165) is 5.56 Å². The van der Waals surface area contributed by atoms with Crippen LogP contribution in [0.15, 0.2) is 18.2 Å². The zero-order valence-electron chi connectivity index (χ0n) is 10.8. The molecular formula is C12H19N2O4+. The van der Waals surface area contributed by atoms with E-state index in [1.165, 1.54) is 19.2 Å². The summed E-state index contributed by atoms with van der Waals surface area (Å²) in [4.78, 5) is 10.3. The highest BCUT2D eigenvalue weighted by molar-refractivity contribution is 5.43. The van der Waals surface area contributed by atoms with Crippen LogP contribution in [0.2, 0.25) is 0 Å². The molecule has 0 aliphatic carbocycles. The van der Waals surface area contributed by atoms with Crippen LogP contribution < -0.4 is 10.1 Å². The lowest BCUT2D eigenvalue weighted by Crippen LogP contribution is -2.95. The number of non-ortho nitro benzene ring substituents is 1. The lowest BCUT2D eigenvalue weighted by molar-refractivity contribution is -0.736. The van der Waals surface area contributed by atoms with Gasteiger partial charge in [-0.3, -0.25) is 10.1 Å². The van der Waals surface area contributed by atoms with Gasteiger partial charge in [-0.1, -0.05) is 0 Å². The topological polar surface area (TPSA) is 89.2 Å². The van der Waals surface area contributed by atoms with Crippen molar-refractivity contribution in [3.8, 4) is 5.75 Å². The van der Waals surface area contributed by atoms with Crippen LogP contribution in [0.4, 0.5) is 5.69 Å². The third-order valence-corrected chi connectivity index (χ3v) is 2.76. The first kappa shape index (κ1) is 14.4. The maximum atomic E-state index is 10.7. The minimum absolute atomic E-state index is 0.0320. The summed E-state index contributed by atoms with van der Waals surface area (Å²) in [5, 5.41) is 21.8. The fourth-order valence-electron chi connectivity index (χ4n) is 1.49. The third kappa shape index (κ3) is 3.68. The lowest BCUT2D eigenvalue weighted by Gasteiger charge is -2.20. The summed E-state index contributed by atoms with van der Waals surface area (Å²) in [5.41, 5.74) is 0.463. The molecule has 0 saturated heterocycles. The lowest BCUT2D eigenvalue weighted by atomic mass is 10.1. The summed E-state index contributed by atoms with van der Waals surface area (Å²) in [6.45, 7) is 4.34. The molecule has 1 aromatic carbocycles. The number of hydrogen-bond donors (Lipinski definition) is 2. The summed E-state index contributed by atoms with van der Waals surface area (Å²) in [5.74, 6) is 0.616. The summed E-state index contributed by atoms with van der Waals surface area (Å²) >= 11 is 0. The molecule has 18 heavy (non-hydrogen) atoms. The second-order valence-corrected chi connectivity index (χ2v) is 4.81. The minimum atomic E-state index is -0.430. The number of quaternary nitrogens is 1. The standard InChI is InChI=1S/C12H18N2O4/c1-12(2,8-15)13-7-9-6-10(14(16)17)4-5-11(9)18-3/h4-6,13,15H,7-8H2,1-3H3/p+1. The van der Waals surface area contributed by atoms with Gasteiger partial charge in [0.15, 0.2) is 0 Å². The number of nitro groups is 1. The molecule has 0 aliphatic rings. The fraction of sp³-hybridized carbons (Fsp3) is 0.500. The molecule has 0 saturated carbocycles. The Morgan fingerprint density at radius 1 is 1.50 bits per heavy atom. The van der Waals surface area contributed by atoms with Gasteiger partial charge in [0.2, 0.25) is 0 Å². The third-order valence-electron chi connectivity index (χ3n) is 2.76. The highest BCUT2D eigenvalue weighted by Crippen LogP contribution is 2.23. The van der Waals surface area contributed by atoms with E-state index in [1.807, 2.05) is 19.2 Å². The average molecular weight is 255 g/mol. The highest BCUT2D eigenvalue weighted by atomic mass is 16.6. The number of methoxy groups -OCH3 is 1. The van der Waals surface area contributed by atoms with Gasteiger partial charge in [0.25, 0.3) is 5.69 Å². The molecule has 0 unspecified atom stereocenters. The Labute approximate surface area is 106 Å². The molecule has 0 bridgehead atoms. The number of nitro benzene ring substituents is 1. The van der Waals surface area contributed by atoms with E-state index in [-0.39, 0.29) is 17.8 Å². The molecule has 0 spiro atoms. The minimum Gasteiger partial charge on any atom is -0.496 e. The maximum Gasteiger partial charge on any atom is 0.270 e. The summed E-state index contributed by atoms with van der Waals surface area (Å²) < 4.78 is 5.17. The Balaban J connectivity index is 2.91. The number of aliphatic hydroxyl groups is 1. The quantitative estimate of drug-likeness (QED) is 0.570. The van der Waals surface area contributed by atoms with Gasteiger partial charge < -0.3 is 15.2 Å². The van der Waals surface area contributed by atoms with Crippen molar-refractivity contribution in [1.29, 1.82) is 0 Å². The molecule has 0 radical (unpaired) electrons. The van der Waals surface area contributed by atoms with Crippen LogP contribution >= 0.6 is 0 Å². The Kier molecular flexibility index (Phi) is 4.63. The molecule has 100 valence electrons. The van der Waals surface area contributed by atoms with Crippen LogP contribution in [0, 0.1) is 10.1 Å². The second kappa shape index (κ2) is 5.79. The molecule has 1 aromatic rings. The van der Waals surface area contributed by atoms with Crippen LogP contribution in [-0.2, 0) is 6.54 Å². The van der Waals surface area contributed by atoms with Crippen molar-refractivity contribution < 1.29 is 20.1 Å². The van der Waals surface area contributed by atoms with Crippen molar-refractivity contribution in [2.24, 2.45) is 0 Å². The number of benzene rings is 1. The first-order chi connectivity index (χ1) is 8.39. The van der Waals surface area contributed by atoms with E-state index in [9.17, 15) is 15.2 Å². The Morgan fingerprint density at radius 3 is 2.67 bits per heavy atom. The second-order valence-electron chi connectivity index (χ2n) is 4.81. The Bertz CT molecular complexity index is 432. The van der Waals surface area contributed by atoms with Crippen LogP contribution in [0.1, 0.15) is 19.4 Å². The van der Waals surface area contributed by atoms with Crippen molar-refractivity contribution in [3.05, 3.63) is 33.9 Å². The van der Waals surface area contributed by atoms with Crippen LogP contribution in [0.3, 0.4) is 0 Å². The molecule has 0 fully saturated rings. The van der Waals surface area contributed by atoms with Crippen molar-refractivity contribution in [3.63, 3.8) is 0 Å². The fourth-order valence-corrected chi connectivity index (χ4v) is 1.49. The summed E-state index contributed by atoms with van der Waals surface area (Å²) in [6, 6.07) is 4.51. The van der Waals surface area contributed by atoms with E-state index >= 15 is 0 Å². The molecule has 0 amide bonds. The van der Waals surface area contributed by atoms with Gasteiger partial charge in [0, 0.05) is 12.1 Å². The van der Waals surface area contributed by atoms with Gasteiger partial charge in [0.1, 0.15) is 17.8 Å². The molecule has 6 heteroatoms. The number of ether oxygens (including phenoxy) is 1. The Hall–Kier alpha value is -1.66. The van der Waals surface area contributed by atoms with Gasteiger partial charge in [-0.25, -0.2) is 0 Å². The summed E-state index contributed by atoms with van der Waals surface area (Å²) in [6.07, 6.45) is 0. The number of rotatable bonds is 6. The number of hydrogen-bond acceptors (Lipinski definition) is 4. The van der Waals surface area contributed by atoms with E-state index in [0.29, 0.717) is 12.3 Å². The van der Waals surface area contributed by atoms with Gasteiger partial charge in [-0.2, -0.15) is 0 Å². The van der Waals surface area contributed by atoms with Crippen molar-refractivity contribution in [2.75, 3.05) is 13.7 Å². The normalized spacial score (nSPS) is 11.3. The molecule has 0 atom stereocenters. The predicted molar refractivity (Wildman–Crippen MR) is 66.4 cm³/mol. The van der Waals surface area contributed by atoms with Crippen molar-refractivity contribution in [1.82, 2.24) is 0 Å². The van der Waals surface area contributed by atoms with Gasteiger partial charge in [0.05, 0.1) is 24.2 Å². The molecule has 1 rings (SSSR count). The average Bonchev–Trinajstić information content (AvgIpc) is 2.36. The molecule has 3 N–H and O–H groups in total. The molecule has 0 heterocycles. The van der Waals surface area contributed by atoms with E-state index in [4.69, 9.17) is 4.74 Å².